The van der Waals surface area contributed by atoms with E-state index in [4.69, 9.17) is 15.2 Å². The molecule has 2 unspecified atom stereocenters. The molecule has 0 amide bonds. The maximum absolute atomic E-state index is 6.32. The van der Waals surface area contributed by atoms with E-state index < -0.39 is 0 Å². The summed E-state index contributed by atoms with van der Waals surface area (Å²) in [5, 5.41) is 0. The molecule has 0 radical (unpaired) electrons. The van der Waals surface area contributed by atoms with Gasteiger partial charge in [0, 0.05) is 14.2 Å². The van der Waals surface area contributed by atoms with Crippen LogP contribution in [0.1, 0.15) is 17.3 Å². The van der Waals surface area contributed by atoms with Crippen LogP contribution in [-0.4, -0.2) is 36.5 Å². The Morgan fingerprint density at radius 1 is 1.25 bits per heavy atom. The number of ether oxygens (including phenoxy) is 2. The van der Waals surface area contributed by atoms with Gasteiger partial charge in [0.15, 0.2) is 0 Å². The standard InChI is InChI=1S/C15H21N3O2/c1-19-10-13(20-2)9-18-11-17-8-14(18)15(16)12-6-4-3-5-7-12/h3-8,11,13,15H,9-10,16H2,1-2H3. The number of rotatable bonds is 7. The van der Waals surface area contributed by atoms with Crippen LogP contribution >= 0.6 is 0 Å². The first kappa shape index (κ1) is 14.7. The van der Waals surface area contributed by atoms with Crippen LogP contribution in [0.4, 0.5) is 0 Å². The molecule has 1 heterocycles. The number of nitrogens with zero attached hydrogens (tertiary/aromatic N) is 2. The third-order valence-corrected chi connectivity index (χ3v) is 3.31. The molecule has 5 heteroatoms. The Balaban J connectivity index is 2.16. The molecular formula is C15H21N3O2. The van der Waals surface area contributed by atoms with Crippen molar-refractivity contribution in [3.63, 3.8) is 0 Å². The fourth-order valence-corrected chi connectivity index (χ4v) is 2.17. The quantitative estimate of drug-likeness (QED) is 0.833. The van der Waals surface area contributed by atoms with E-state index in [1.54, 1.807) is 26.7 Å². The van der Waals surface area contributed by atoms with Gasteiger partial charge in [-0.05, 0) is 5.56 Å². The van der Waals surface area contributed by atoms with Crippen LogP contribution in [0.15, 0.2) is 42.9 Å². The highest BCUT2D eigenvalue weighted by Crippen LogP contribution is 2.19. The Morgan fingerprint density at radius 2 is 2.00 bits per heavy atom. The van der Waals surface area contributed by atoms with E-state index in [2.05, 4.69) is 4.98 Å². The van der Waals surface area contributed by atoms with Gasteiger partial charge in [-0.15, -0.1) is 0 Å². The fraction of sp³-hybridized carbons (Fsp3) is 0.400. The lowest BCUT2D eigenvalue weighted by atomic mass is 10.1. The molecule has 1 aromatic carbocycles. The van der Waals surface area contributed by atoms with Crippen molar-refractivity contribution in [3.8, 4) is 0 Å². The smallest absolute Gasteiger partial charge is 0.0983 e. The maximum atomic E-state index is 6.32. The lowest BCUT2D eigenvalue weighted by molar-refractivity contribution is 0.0178. The van der Waals surface area contributed by atoms with E-state index in [0.29, 0.717) is 13.2 Å². The van der Waals surface area contributed by atoms with Gasteiger partial charge in [0.25, 0.3) is 0 Å². The molecule has 2 rings (SSSR count). The topological polar surface area (TPSA) is 62.3 Å². The first-order valence-electron chi connectivity index (χ1n) is 6.58. The summed E-state index contributed by atoms with van der Waals surface area (Å²) in [4.78, 5) is 4.20. The largest absolute Gasteiger partial charge is 0.382 e. The molecule has 20 heavy (non-hydrogen) atoms. The van der Waals surface area contributed by atoms with E-state index >= 15 is 0 Å². The molecule has 0 saturated heterocycles. The predicted octanol–water partition coefficient (Wildman–Crippen LogP) is 1.59. The molecule has 0 aliphatic heterocycles. The Labute approximate surface area is 119 Å². The van der Waals surface area contributed by atoms with E-state index in [0.717, 1.165) is 11.3 Å². The highest BCUT2D eigenvalue weighted by Gasteiger charge is 2.16. The van der Waals surface area contributed by atoms with Gasteiger partial charge in [0.1, 0.15) is 0 Å². The van der Waals surface area contributed by atoms with Gasteiger partial charge < -0.3 is 19.8 Å². The number of benzene rings is 1. The van der Waals surface area contributed by atoms with Gasteiger partial charge in [-0.1, -0.05) is 30.3 Å². The van der Waals surface area contributed by atoms with Crippen LogP contribution in [-0.2, 0) is 16.0 Å². The predicted molar refractivity (Wildman–Crippen MR) is 77.4 cm³/mol. The second kappa shape index (κ2) is 7.19. The average molecular weight is 275 g/mol. The summed E-state index contributed by atoms with van der Waals surface area (Å²) < 4.78 is 12.5. The maximum Gasteiger partial charge on any atom is 0.0983 e. The summed E-state index contributed by atoms with van der Waals surface area (Å²) >= 11 is 0. The van der Waals surface area contributed by atoms with Crippen LogP contribution in [0.2, 0.25) is 0 Å². The molecule has 108 valence electrons. The van der Waals surface area contributed by atoms with Crippen LogP contribution in [0.3, 0.4) is 0 Å². The monoisotopic (exact) mass is 275 g/mol. The number of imidazole rings is 1. The second-order valence-electron chi connectivity index (χ2n) is 4.67. The Kier molecular flexibility index (Phi) is 5.29. The molecule has 0 aliphatic rings. The number of nitrogens with two attached hydrogens (primary N) is 1. The third-order valence-electron chi connectivity index (χ3n) is 3.31. The first-order valence-corrected chi connectivity index (χ1v) is 6.58. The minimum absolute atomic E-state index is 0.0177. The van der Waals surface area contributed by atoms with Crippen LogP contribution in [0.25, 0.3) is 0 Å². The van der Waals surface area contributed by atoms with Crippen molar-refractivity contribution in [2.75, 3.05) is 20.8 Å². The average Bonchev–Trinajstić information content (AvgIpc) is 2.95. The Hall–Kier alpha value is -1.69. The summed E-state index contributed by atoms with van der Waals surface area (Å²) in [5.74, 6) is 0. The second-order valence-corrected chi connectivity index (χ2v) is 4.67. The SMILES string of the molecule is COCC(Cn1cncc1C(N)c1ccccc1)OC. The van der Waals surface area contributed by atoms with Crippen molar-refractivity contribution in [2.45, 2.75) is 18.7 Å². The highest BCUT2D eigenvalue weighted by atomic mass is 16.5. The minimum Gasteiger partial charge on any atom is -0.382 e. The molecule has 0 spiro atoms. The van der Waals surface area contributed by atoms with Crippen molar-refractivity contribution in [3.05, 3.63) is 54.1 Å². The van der Waals surface area contributed by atoms with Crippen molar-refractivity contribution >= 4 is 0 Å². The third kappa shape index (κ3) is 3.45. The lowest BCUT2D eigenvalue weighted by Crippen LogP contribution is -2.26. The molecular weight excluding hydrogens is 254 g/mol. The van der Waals surface area contributed by atoms with Gasteiger partial charge in [-0.2, -0.15) is 0 Å². The molecule has 1 aromatic heterocycles. The van der Waals surface area contributed by atoms with Gasteiger partial charge in [-0.25, -0.2) is 4.98 Å². The van der Waals surface area contributed by atoms with Crippen molar-refractivity contribution in [1.29, 1.82) is 0 Å². The van der Waals surface area contributed by atoms with Gasteiger partial charge in [0.05, 0.1) is 43.5 Å². The lowest BCUT2D eigenvalue weighted by Gasteiger charge is -2.19. The van der Waals surface area contributed by atoms with E-state index in [1.807, 2.05) is 34.9 Å². The summed E-state index contributed by atoms with van der Waals surface area (Å²) in [6.07, 6.45) is 3.56. The van der Waals surface area contributed by atoms with Gasteiger partial charge >= 0.3 is 0 Å². The van der Waals surface area contributed by atoms with Gasteiger partial charge in [0.2, 0.25) is 0 Å². The molecule has 0 aliphatic carbocycles. The van der Waals surface area contributed by atoms with E-state index in [1.165, 1.54) is 0 Å². The number of hydrogen-bond acceptors (Lipinski definition) is 4. The molecule has 2 aromatic rings. The summed E-state index contributed by atoms with van der Waals surface area (Å²) in [7, 11) is 3.34. The number of methoxy groups -OCH3 is 2. The van der Waals surface area contributed by atoms with E-state index in [-0.39, 0.29) is 12.1 Å². The van der Waals surface area contributed by atoms with Crippen molar-refractivity contribution in [2.24, 2.45) is 5.73 Å². The number of hydrogen-bond donors (Lipinski definition) is 1. The molecule has 2 atom stereocenters. The zero-order chi connectivity index (χ0) is 14.4. The van der Waals surface area contributed by atoms with Crippen LogP contribution in [0, 0.1) is 0 Å². The summed E-state index contributed by atoms with van der Waals surface area (Å²) in [6.45, 7) is 1.20. The van der Waals surface area contributed by atoms with Crippen molar-refractivity contribution < 1.29 is 9.47 Å². The number of aromatic nitrogens is 2. The zero-order valence-corrected chi connectivity index (χ0v) is 11.9. The molecule has 2 N–H and O–H groups in total. The first-order chi connectivity index (χ1) is 9.76. The normalized spacial score (nSPS) is 14.2. The molecule has 0 saturated carbocycles. The van der Waals surface area contributed by atoms with Gasteiger partial charge in [-0.3, -0.25) is 0 Å². The zero-order valence-electron chi connectivity index (χ0n) is 11.9. The Bertz CT molecular complexity index is 513. The van der Waals surface area contributed by atoms with Crippen LogP contribution in [0.5, 0.6) is 0 Å². The van der Waals surface area contributed by atoms with Crippen LogP contribution < -0.4 is 5.73 Å². The minimum atomic E-state index is -0.196. The fourth-order valence-electron chi connectivity index (χ4n) is 2.17. The summed E-state index contributed by atoms with van der Waals surface area (Å²) in [6, 6.07) is 9.79. The molecule has 0 fully saturated rings. The summed E-state index contributed by atoms with van der Waals surface area (Å²) in [5.41, 5.74) is 8.35. The highest BCUT2D eigenvalue weighted by molar-refractivity contribution is 5.26. The van der Waals surface area contributed by atoms with Crippen molar-refractivity contribution in [1.82, 2.24) is 9.55 Å². The molecule has 0 bridgehead atoms. The van der Waals surface area contributed by atoms with E-state index in [9.17, 15) is 0 Å². The Morgan fingerprint density at radius 3 is 2.65 bits per heavy atom. The molecule has 5 nitrogen and oxygen atoms in total.